The first-order valence-electron chi connectivity index (χ1n) is 8.97. The fourth-order valence-electron chi connectivity index (χ4n) is 2.89. The van der Waals surface area contributed by atoms with E-state index in [-0.39, 0.29) is 0 Å². The van der Waals surface area contributed by atoms with Gasteiger partial charge >= 0.3 is 0 Å². The molecule has 0 saturated carbocycles. The maximum absolute atomic E-state index is 9.22. The van der Waals surface area contributed by atoms with E-state index < -0.39 is 0 Å². The van der Waals surface area contributed by atoms with Crippen LogP contribution in [0.4, 0.5) is 0 Å². The van der Waals surface area contributed by atoms with Gasteiger partial charge in [-0.25, -0.2) is 0 Å². The highest BCUT2D eigenvalue weighted by atomic mass is 32.1. The summed E-state index contributed by atoms with van der Waals surface area (Å²) in [4.78, 5) is 2.94. The van der Waals surface area contributed by atoms with Crippen LogP contribution in [0.25, 0.3) is 0 Å². The molecule has 2 aromatic carbocycles. The first-order chi connectivity index (χ1) is 13.2. The summed E-state index contributed by atoms with van der Waals surface area (Å²) in [6, 6.07) is 15.4. The molecule has 0 bridgehead atoms. The van der Waals surface area contributed by atoms with Crippen LogP contribution in [0.5, 0.6) is 11.5 Å². The third-order valence-corrected chi connectivity index (χ3v) is 4.80. The zero-order valence-corrected chi connectivity index (χ0v) is 16.1. The molecule has 1 aliphatic rings. The molecule has 0 N–H and O–H groups in total. The highest BCUT2D eigenvalue weighted by molar-refractivity contribution is 7.80. The number of thiocarbonyl (C=S) groups is 1. The largest absolute Gasteiger partial charge is 0.490 e. The number of hydrogen-bond donors (Lipinski definition) is 0. The van der Waals surface area contributed by atoms with Crippen molar-refractivity contribution >= 4 is 17.2 Å². The van der Waals surface area contributed by atoms with Crippen molar-refractivity contribution in [3.63, 3.8) is 0 Å². The Morgan fingerprint density at radius 1 is 1.15 bits per heavy atom. The Hall–Kier alpha value is -2.62. The van der Waals surface area contributed by atoms with E-state index in [9.17, 15) is 5.26 Å². The van der Waals surface area contributed by atoms with E-state index >= 15 is 0 Å². The molecule has 1 fully saturated rings. The van der Waals surface area contributed by atoms with Crippen LogP contribution in [0, 0.1) is 11.3 Å². The molecule has 0 atom stereocenters. The summed E-state index contributed by atoms with van der Waals surface area (Å²) in [5.74, 6) is 1.29. The van der Waals surface area contributed by atoms with Gasteiger partial charge in [-0.2, -0.15) is 5.26 Å². The van der Waals surface area contributed by atoms with E-state index in [1.54, 1.807) is 6.07 Å². The lowest BCUT2D eigenvalue weighted by molar-refractivity contribution is 0.0693. The SMILES string of the molecule is CCOc1cc(C(=S)N2CCOCC2)ccc1OCc1ccccc1C#N. The Morgan fingerprint density at radius 2 is 1.93 bits per heavy atom. The van der Waals surface area contributed by atoms with Crippen molar-refractivity contribution in [1.82, 2.24) is 4.90 Å². The molecule has 0 aromatic heterocycles. The molecule has 1 aliphatic heterocycles. The van der Waals surface area contributed by atoms with Crippen molar-refractivity contribution in [1.29, 1.82) is 5.26 Å². The minimum Gasteiger partial charge on any atom is -0.490 e. The molecule has 3 rings (SSSR count). The molecule has 0 unspecified atom stereocenters. The first-order valence-corrected chi connectivity index (χ1v) is 9.38. The quantitative estimate of drug-likeness (QED) is 0.713. The molecule has 2 aromatic rings. The van der Waals surface area contributed by atoms with Gasteiger partial charge in [-0.05, 0) is 31.2 Å². The standard InChI is InChI=1S/C21H22N2O3S/c1-2-25-20-13-16(21(27)23-9-11-24-12-10-23)7-8-19(20)26-15-18-6-4-3-5-17(18)14-22/h3-8,13H,2,9-12,15H2,1H3. The Balaban J connectivity index is 1.77. The maximum Gasteiger partial charge on any atom is 0.161 e. The third-order valence-electron chi connectivity index (χ3n) is 4.31. The van der Waals surface area contributed by atoms with Crippen LogP contribution in [0.3, 0.4) is 0 Å². The lowest BCUT2D eigenvalue weighted by atomic mass is 10.1. The predicted octanol–water partition coefficient (Wildman–Crippen LogP) is 3.54. The molecule has 1 heterocycles. The lowest BCUT2D eigenvalue weighted by Gasteiger charge is -2.29. The second-order valence-corrected chi connectivity index (χ2v) is 6.44. The molecule has 0 aliphatic carbocycles. The van der Waals surface area contributed by atoms with E-state index in [0.717, 1.165) is 29.2 Å². The Labute approximate surface area is 165 Å². The zero-order chi connectivity index (χ0) is 19.1. The van der Waals surface area contributed by atoms with Gasteiger partial charge in [0.2, 0.25) is 0 Å². The van der Waals surface area contributed by atoms with Crippen molar-refractivity contribution in [3.8, 4) is 17.6 Å². The van der Waals surface area contributed by atoms with Gasteiger partial charge < -0.3 is 19.1 Å². The van der Waals surface area contributed by atoms with E-state index in [1.807, 2.05) is 43.3 Å². The van der Waals surface area contributed by atoms with Crippen LogP contribution in [0.15, 0.2) is 42.5 Å². The molecule has 5 nitrogen and oxygen atoms in total. The van der Waals surface area contributed by atoms with Crippen molar-refractivity contribution in [2.45, 2.75) is 13.5 Å². The van der Waals surface area contributed by atoms with Gasteiger partial charge in [-0.1, -0.05) is 30.4 Å². The third kappa shape index (κ3) is 4.76. The van der Waals surface area contributed by atoms with Crippen molar-refractivity contribution in [2.75, 3.05) is 32.9 Å². The minimum absolute atomic E-state index is 0.303. The van der Waals surface area contributed by atoms with Crippen LogP contribution in [-0.2, 0) is 11.3 Å². The molecule has 6 heteroatoms. The molecule has 0 radical (unpaired) electrons. The Morgan fingerprint density at radius 3 is 2.67 bits per heavy atom. The summed E-state index contributed by atoms with van der Waals surface area (Å²) in [5, 5.41) is 9.22. The van der Waals surface area contributed by atoms with E-state index in [1.165, 1.54) is 0 Å². The number of benzene rings is 2. The predicted molar refractivity (Wildman–Crippen MR) is 107 cm³/mol. The summed E-state index contributed by atoms with van der Waals surface area (Å²) in [6.45, 7) is 5.74. The van der Waals surface area contributed by atoms with Gasteiger partial charge in [0.25, 0.3) is 0 Å². The van der Waals surface area contributed by atoms with E-state index in [0.29, 0.717) is 43.5 Å². The Kier molecular flexibility index (Phi) is 6.64. The number of hydrogen-bond acceptors (Lipinski definition) is 5. The zero-order valence-electron chi connectivity index (χ0n) is 15.3. The number of nitrogens with zero attached hydrogens (tertiary/aromatic N) is 2. The molecule has 0 amide bonds. The Bertz CT molecular complexity index is 842. The number of morpholine rings is 1. The molecule has 1 saturated heterocycles. The van der Waals surface area contributed by atoms with Crippen LogP contribution in [0.2, 0.25) is 0 Å². The molecule has 0 spiro atoms. The van der Waals surface area contributed by atoms with Crippen LogP contribution >= 0.6 is 12.2 Å². The highest BCUT2D eigenvalue weighted by Gasteiger charge is 2.17. The van der Waals surface area contributed by atoms with Crippen LogP contribution < -0.4 is 9.47 Å². The van der Waals surface area contributed by atoms with Gasteiger partial charge in [0.15, 0.2) is 11.5 Å². The number of nitriles is 1. The van der Waals surface area contributed by atoms with Gasteiger partial charge in [-0.3, -0.25) is 0 Å². The summed E-state index contributed by atoms with van der Waals surface area (Å²) in [6.07, 6.45) is 0. The maximum atomic E-state index is 9.22. The average molecular weight is 382 g/mol. The topological polar surface area (TPSA) is 54.7 Å². The number of rotatable bonds is 6. The highest BCUT2D eigenvalue weighted by Crippen LogP contribution is 2.30. The van der Waals surface area contributed by atoms with Crippen molar-refractivity contribution in [2.24, 2.45) is 0 Å². The summed E-state index contributed by atoms with van der Waals surface area (Å²) in [5.41, 5.74) is 2.39. The molecular formula is C21H22N2O3S. The van der Waals surface area contributed by atoms with Crippen LogP contribution in [0.1, 0.15) is 23.6 Å². The fraction of sp³-hybridized carbons (Fsp3) is 0.333. The summed E-state index contributed by atoms with van der Waals surface area (Å²) in [7, 11) is 0. The average Bonchev–Trinajstić information content (AvgIpc) is 2.73. The van der Waals surface area contributed by atoms with Gasteiger partial charge in [-0.15, -0.1) is 0 Å². The molecular weight excluding hydrogens is 360 g/mol. The normalized spacial score (nSPS) is 13.7. The lowest BCUT2D eigenvalue weighted by Crippen LogP contribution is -2.40. The summed E-state index contributed by atoms with van der Waals surface area (Å²) >= 11 is 5.64. The van der Waals surface area contributed by atoms with Crippen molar-refractivity contribution in [3.05, 3.63) is 59.2 Å². The van der Waals surface area contributed by atoms with Crippen molar-refractivity contribution < 1.29 is 14.2 Å². The van der Waals surface area contributed by atoms with Gasteiger partial charge in [0, 0.05) is 24.2 Å². The molecule has 27 heavy (non-hydrogen) atoms. The van der Waals surface area contributed by atoms with E-state index in [4.69, 9.17) is 26.4 Å². The molecule has 140 valence electrons. The fourth-order valence-corrected chi connectivity index (χ4v) is 3.20. The van der Waals surface area contributed by atoms with E-state index in [2.05, 4.69) is 11.0 Å². The monoisotopic (exact) mass is 382 g/mol. The minimum atomic E-state index is 0.303. The number of ether oxygens (including phenoxy) is 3. The first kappa shape index (κ1) is 19.2. The summed E-state index contributed by atoms with van der Waals surface area (Å²) < 4.78 is 17.1. The van der Waals surface area contributed by atoms with Crippen LogP contribution in [-0.4, -0.2) is 42.8 Å². The smallest absolute Gasteiger partial charge is 0.161 e. The van der Waals surface area contributed by atoms with Gasteiger partial charge in [0.05, 0.1) is 31.5 Å². The second kappa shape index (κ2) is 9.36. The second-order valence-electron chi connectivity index (χ2n) is 6.06. The van der Waals surface area contributed by atoms with Gasteiger partial charge in [0.1, 0.15) is 11.6 Å².